The van der Waals surface area contributed by atoms with Crippen molar-refractivity contribution in [2.24, 2.45) is 0 Å². The number of nitro groups is 2. The standard InChI is InChI=1S/C24H18N8O5/c1-14-20(23(33)27-17-3-2-12-25-13-17)21(15-4-8-18(9-5-15)31(34)35)30-24(26-14)28-22(29-30)16-6-10-19(11-7-16)32(36)37/h2-13,21H,1H3,(H,27,33)(H,26,28,29). The minimum absolute atomic E-state index is 0.0681. The van der Waals surface area contributed by atoms with Gasteiger partial charge in [-0.15, -0.1) is 5.10 Å². The molecular formula is C24H18N8O5. The van der Waals surface area contributed by atoms with E-state index in [0.29, 0.717) is 34.0 Å². The van der Waals surface area contributed by atoms with Crippen molar-refractivity contribution in [1.82, 2.24) is 19.7 Å². The molecule has 0 saturated carbocycles. The third-order valence-electron chi connectivity index (χ3n) is 5.77. The zero-order valence-electron chi connectivity index (χ0n) is 19.2. The second-order valence-electron chi connectivity index (χ2n) is 8.12. The molecule has 0 radical (unpaired) electrons. The molecule has 0 fully saturated rings. The number of anilines is 2. The summed E-state index contributed by atoms with van der Waals surface area (Å²) in [5.74, 6) is 0.206. The quantitative estimate of drug-likeness (QED) is 0.293. The van der Waals surface area contributed by atoms with Gasteiger partial charge in [0, 0.05) is 41.7 Å². The number of nitrogens with one attached hydrogen (secondary N) is 2. The fraction of sp³-hybridized carbons (Fsp3) is 0.0833. The van der Waals surface area contributed by atoms with Crippen molar-refractivity contribution >= 4 is 28.9 Å². The van der Waals surface area contributed by atoms with Gasteiger partial charge in [0.05, 0.1) is 27.3 Å². The molecule has 2 aromatic carbocycles. The van der Waals surface area contributed by atoms with Gasteiger partial charge in [0.2, 0.25) is 5.95 Å². The maximum atomic E-state index is 13.5. The Morgan fingerprint density at radius 3 is 2.24 bits per heavy atom. The average Bonchev–Trinajstić information content (AvgIpc) is 3.32. The van der Waals surface area contributed by atoms with Crippen LogP contribution in [-0.4, -0.2) is 35.5 Å². The highest BCUT2D eigenvalue weighted by Crippen LogP contribution is 2.37. The van der Waals surface area contributed by atoms with Crippen LogP contribution in [0.5, 0.6) is 0 Å². The number of benzene rings is 2. The average molecular weight is 498 g/mol. The summed E-state index contributed by atoms with van der Waals surface area (Å²) in [5, 5.41) is 32.7. The smallest absolute Gasteiger partial charge is 0.269 e. The maximum Gasteiger partial charge on any atom is 0.269 e. The third kappa shape index (κ3) is 4.48. The Balaban J connectivity index is 1.59. The molecule has 1 amide bonds. The van der Waals surface area contributed by atoms with Crippen LogP contribution in [0, 0.1) is 20.2 Å². The minimum atomic E-state index is -0.770. The van der Waals surface area contributed by atoms with Crippen molar-refractivity contribution in [1.29, 1.82) is 0 Å². The predicted octanol–water partition coefficient (Wildman–Crippen LogP) is 4.08. The van der Waals surface area contributed by atoms with Gasteiger partial charge in [0.1, 0.15) is 6.04 Å². The van der Waals surface area contributed by atoms with E-state index >= 15 is 0 Å². The third-order valence-corrected chi connectivity index (χ3v) is 5.77. The van der Waals surface area contributed by atoms with Crippen molar-refractivity contribution in [3.63, 3.8) is 0 Å². The number of carbonyl (C=O) groups is 1. The number of carbonyl (C=O) groups excluding carboxylic acids is 1. The van der Waals surface area contributed by atoms with E-state index in [1.807, 2.05) is 0 Å². The van der Waals surface area contributed by atoms with E-state index in [1.54, 1.807) is 37.4 Å². The molecule has 1 unspecified atom stereocenters. The summed E-state index contributed by atoms with van der Waals surface area (Å²) in [6.07, 6.45) is 3.10. The maximum absolute atomic E-state index is 13.5. The van der Waals surface area contributed by atoms with Gasteiger partial charge in [-0.2, -0.15) is 4.98 Å². The topological polar surface area (TPSA) is 171 Å². The number of hydrogen-bond acceptors (Lipinski definition) is 9. The number of non-ortho nitro benzene ring substituents is 2. The van der Waals surface area contributed by atoms with Crippen LogP contribution in [0.25, 0.3) is 11.4 Å². The number of aromatic nitrogens is 4. The molecule has 0 saturated heterocycles. The van der Waals surface area contributed by atoms with E-state index in [1.165, 1.54) is 47.3 Å². The van der Waals surface area contributed by atoms with Gasteiger partial charge in [0.25, 0.3) is 17.3 Å². The summed E-state index contributed by atoms with van der Waals surface area (Å²) in [6, 6.07) is 14.3. The lowest BCUT2D eigenvalue weighted by atomic mass is 9.95. The summed E-state index contributed by atoms with van der Waals surface area (Å²) in [7, 11) is 0. The van der Waals surface area contributed by atoms with Crippen LogP contribution in [0.4, 0.5) is 23.0 Å². The van der Waals surface area contributed by atoms with Crippen LogP contribution >= 0.6 is 0 Å². The van der Waals surface area contributed by atoms with E-state index in [-0.39, 0.29) is 17.2 Å². The highest BCUT2D eigenvalue weighted by atomic mass is 16.6. The number of nitro benzene ring substituents is 2. The Morgan fingerprint density at radius 1 is 1.00 bits per heavy atom. The summed E-state index contributed by atoms with van der Waals surface area (Å²) in [4.78, 5) is 43.2. The lowest BCUT2D eigenvalue weighted by Crippen LogP contribution is -2.31. The number of pyridine rings is 1. The van der Waals surface area contributed by atoms with Crippen LogP contribution in [0.1, 0.15) is 18.5 Å². The van der Waals surface area contributed by atoms with Crippen molar-refractivity contribution in [3.05, 3.63) is 110 Å². The zero-order valence-corrected chi connectivity index (χ0v) is 19.2. The fourth-order valence-electron chi connectivity index (χ4n) is 4.02. The lowest BCUT2D eigenvalue weighted by Gasteiger charge is -2.28. The second-order valence-corrected chi connectivity index (χ2v) is 8.12. The molecule has 5 rings (SSSR count). The summed E-state index contributed by atoms with van der Waals surface area (Å²) in [6.45, 7) is 1.72. The number of fused-ring (bicyclic) bond motifs is 1. The Kier molecular flexibility index (Phi) is 5.85. The largest absolute Gasteiger partial charge is 0.328 e. The van der Waals surface area contributed by atoms with Gasteiger partial charge in [-0.25, -0.2) is 4.68 Å². The normalized spacial score (nSPS) is 14.5. The van der Waals surface area contributed by atoms with Crippen LogP contribution < -0.4 is 10.6 Å². The van der Waals surface area contributed by atoms with E-state index in [2.05, 4.69) is 25.7 Å². The number of amides is 1. The molecule has 13 heteroatoms. The summed E-state index contributed by atoms with van der Waals surface area (Å²) >= 11 is 0. The molecular weight excluding hydrogens is 480 g/mol. The van der Waals surface area contributed by atoms with E-state index in [9.17, 15) is 25.0 Å². The molecule has 1 atom stereocenters. The van der Waals surface area contributed by atoms with Crippen LogP contribution in [0.15, 0.2) is 84.3 Å². The highest BCUT2D eigenvalue weighted by Gasteiger charge is 2.35. The van der Waals surface area contributed by atoms with Crippen molar-refractivity contribution in [2.45, 2.75) is 13.0 Å². The Morgan fingerprint density at radius 2 is 1.65 bits per heavy atom. The molecule has 37 heavy (non-hydrogen) atoms. The monoisotopic (exact) mass is 498 g/mol. The van der Waals surface area contributed by atoms with E-state index in [4.69, 9.17) is 0 Å². The molecule has 0 spiro atoms. The van der Waals surface area contributed by atoms with E-state index in [0.717, 1.165) is 0 Å². The summed E-state index contributed by atoms with van der Waals surface area (Å²) < 4.78 is 1.52. The first-order chi connectivity index (χ1) is 17.8. The SMILES string of the molecule is CC1=C(C(=O)Nc2cccnc2)C(c2ccc([N+](=O)[O-])cc2)n2nc(-c3ccc([N+](=O)[O-])cc3)nc2N1. The first-order valence-electron chi connectivity index (χ1n) is 11.0. The van der Waals surface area contributed by atoms with Gasteiger partial charge in [-0.05, 0) is 48.9 Å². The van der Waals surface area contributed by atoms with Gasteiger partial charge in [-0.3, -0.25) is 30.0 Å². The van der Waals surface area contributed by atoms with Gasteiger partial charge in [-0.1, -0.05) is 0 Å². The molecule has 2 N–H and O–H groups in total. The Bertz CT molecular complexity index is 1550. The van der Waals surface area contributed by atoms with Crippen molar-refractivity contribution < 1.29 is 14.6 Å². The summed E-state index contributed by atoms with van der Waals surface area (Å²) in [5.41, 5.74) is 2.28. The number of rotatable bonds is 6. The highest BCUT2D eigenvalue weighted by molar-refractivity contribution is 6.06. The minimum Gasteiger partial charge on any atom is -0.328 e. The molecule has 184 valence electrons. The molecule has 1 aliphatic heterocycles. The Hall–Kier alpha value is -5.46. The van der Waals surface area contributed by atoms with E-state index < -0.39 is 21.8 Å². The number of nitrogens with zero attached hydrogens (tertiary/aromatic N) is 6. The molecule has 4 aromatic rings. The van der Waals surface area contributed by atoms with Crippen LogP contribution in [-0.2, 0) is 4.79 Å². The fourth-order valence-corrected chi connectivity index (χ4v) is 4.02. The second kappa shape index (κ2) is 9.30. The molecule has 2 aromatic heterocycles. The first kappa shape index (κ1) is 23.3. The van der Waals surface area contributed by atoms with Crippen molar-refractivity contribution in [3.8, 4) is 11.4 Å². The number of hydrogen-bond donors (Lipinski definition) is 2. The van der Waals surface area contributed by atoms with Gasteiger partial charge < -0.3 is 10.6 Å². The van der Waals surface area contributed by atoms with Crippen molar-refractivity contribution in [2.75, 3.05) is 10.6 Å². The zero-order chi connectivity index (χ0) is 26.1. The lowest BCUT2D eigenvalue weighted by molar-refractivity contribution is -0.385. The van der Waals surface area contributed by atoms with Crippen LogP contribution in [0.2, 0.25) is 0 Å². The molecule has 3 heterocycles. The first-order valence-corrected chi connectivity index (χ1v) is 11.0. The predicted molar refractivity (Wildman–Crippen MR) is 133 cm³/mol. The molecule has 1 aliphatic rings. The van der Waals surface area contributed by atoms with Crippen LogP contribution in [0.3, 0.4) is 0 Å². The van der Waals surface area contributed by atoms with Gasteiger partial charge in [0.15, 0.2) is 5.82 Å². The molecule has 0 bridgehead atoms. The Labute approximate surface area is 208 Å². The molecule has 13 nitrogen and oxygen atoms in total. The molecule has 0 aliphatic carbocycles. The van der Waals surface area contributed by atoms with Gasteiger partial charge >= 0.3 is 0 Å². The number of allylic oxidation sites excluding steroid dienone is 1.